The minimum absolute atomic E-state index is 0.125. The van der Waals surface area contributed by atoms with Crippen molar-refractivity contribution in [3.8, 4) is 0 Å². The summed E-state index contributed by atoms with van der Waals surface area (Å²) in [6, 6.07) is 5.86. The SMILES string of the molecule is CCOC(=O)C[C@]1(C)CC(=O)c2cc(C)ccc21. The second kappa shape index (κ2) is 4.56. The van der Waals surface area contributed by atoms with Crippen molar-refractivity contribution in [3.05, 3.63) is 34.9 Å². The highest BCUT2D eigenvalue weighted by Crippen LogP contribution is 2.41. The Labute approximate surface area is 107 Å². The van der Waals surface area contributed by atoms with Gasteiger partial charge in [-0.3, -0.25) is 9.59 Å². The van der Waals surface area contributed by atoms with Crippen molar-refractivity contribution < 1.29 is 14.3 Å². The first-order chi connectivity index (χ1) is 8.46. The second-order valence-electron chi connectivity index (χ2n) is 5.19. The molecule has 0 fully saturated rings. The van der Waals surface area contributed by atoms with Crippen LogP contribution < -0.4 is 0 Å². The molecule has 0 aromatic heterocycles. The van der Waals surface area contributed by atoms with Crippen molar-refractivity contribution in [2.75, 3.05) is 6.61 Å². The number of hydrogen-bond donors (Lipinski definition) is 0. The van der Waals surface area contributed by atoms with Gasteiger partial charge < -0.3 is 4.74 Å². The Hall–Kier alpha value is -1.64. The molecule has 0 saturated heterocycles. The van der Waals surface area contributed by atoms with Crippen molar-refractivity contribution in [1.82, 2.24) is 0 Å². The molecule has 0 aliphatic heterocycles. The fourth-order valence-electron chi connectivity index (χ4n) is 2.65. The van der Waals surface area contributed by atoms with Crippen molar-refractivity contribution in [1.29, 1.82) is 0 Å². The Morgan fingerprint density at radius 1 is 1.44 bits per heavy atom. The van der Waals surface area contributed by atoms with Gasteiger partial charge in [0, 0.05) is 17.4 Å². The number of ketones is 1. The lowest BCUT2D eigenvalue weighted by molar-refractivity contribution is -0.144. The summed E-state index contributed by atoms with van der Waals surface area (Å²) in [5.41, 5.74) is 2.40. The maximum atomic E-state index is 12.0. The molecule has 3 heteroatoms. The molecule has 1 aliphatic carbocycles. The van der Waals surface area contributed by atoms with E-state index in [9.17, 15) is 9.59 Å². The molecule has 1 aromatic carbocycles. The van der Waals surface area contributed by atoms with E-state index in [1.54, 1.807) is 6.92 Å². The zero-order chi connectivity index (χ0) is 13.3. The highest BCUT2D eigenvalue weighted by molar-refractivity contribution is 6.02. The van der Waals surface area contributed by atoms with E-state index >= 15 is 0 Å². The van der Waals surface area contributed by atoms with Crippen LogP contribution in [0.1, 0.15) is 48.2 Å². The number of carbonyl (C=O) groups excluding carboxylic acids is 2. The van der Waals surface area contributed by atoms with Gasteiger partial charge in [-0.25, -0.2) is 0 Å². The summed E-state index contributed by atoms with van der Waals surface area (Å²) >= 11 is 0. The van der Waals surface area contributed by atoms with Gasteiger partial charge in [-0.2, -0.15) is 0 Å². The van der Waals surface area contributed by atoms with Gasteiger partial charge in [-0.05, 0) is 25.5 Å². The third kappa shape index (κ3) is 2.17. The summed E-state index contributed by atoms with van der Waals surface area (Å²) in [7, 11) is 0. The van der Waals surface area contributed by atoms with E-state index in [4.69, 9.17) is 4.74 Å². The van der Waals surface area contributed by atoms with Gasteiger partial charge in [-0.1, -0.05) is 24.6 Å². The molecule has 0 amide bonds. The predicted molar refractivity (Wildman–Crippen MR) is 68.7 cm³/mol. The Kier molecular flexibility index (Phi) is 3.24. The molecule has 1 aliphatic rings. The van der Waals surface area contributed by atoms with Crippen molar-refractivity contribution >= 4 is 11.8 Å². The lowest BCUT2D eigenvalue weighted by atomic mass is 9.81. The summed E-state index contributed by atoms with van der Waals surface area (Å²) in [5, 5.41) is 0. The zero-order valence-electron chi connectivity index (χ0n) is 11.1. The first kappa shape index (κ1) is 12.8. The van der Waals surface area contributed by atoms with Gasteiger partial charge >= 0.3 is 5.97 Å². The Morgan fingerprint density at radius 2 is 2.17 bits per heavy atom. The number of esters is 1. The molecule has 96 valence electrons. The Morgan fingerprint density at radius 3 is 2.83 bits per heavy atom. The Bertz CT molecular complexity index is 504. The molecule has 3 nitrogen and oxygen atoms in total. The maximum absolute atomic E-state index is 12.0. The average molecular weight is 246 g/mol. The predicted octanol–water partition coefficient (Wildman–Crippen LogP) is 2.79. The molecule has 0 heterocycles. The molecule has 0 spiro atoms. The van der Waals surface area contributed by atoms with Gasteiger partial charge in [0.1, 0.15) is 0 Å². The van der Waals surface area contributed by atoms with E-state index in [-0.39, 0.29) is 18.2 Å². The van der Waals surface area contributed by atoms with Crippen LogP contribution in [-0.4, -0.2) is 18.4 Å². The number of aryl methyl sites for hydroxylation is 1. The largest absolute Gasteiger partial charge is 0.466 e. The summed E-state index contributed by atoms with van der Waals surface area (Å²) in [6.07, 6.45) is 0.660. The van der Waals surface area contributed by atoms with Crippen LogP contribution in [0.25, 0.3) is 0 Å². The van der Waals surface area contributed by atoms with Crippen LogP contribution in [0.3, 0.4) is 0 Å². The van der Waals surface area contributed by atoms with Crippen molar-refractivity contribution in [2.45, 2.75) is 39.0 Å². The van der Waals surface area contributed by atoms with Crippen LogP contribution in [0.15, 0.2) is 18.2 Å². The fraction of sp³-hybridized carbons (Fsp3) is 0.467. The summed E-state index contributed by atoms with van der Waals surface area (Å²) < 4.78 is 4.99. The molecule has 0 N–H and O–H groups in total. The summed E-state index contributed by atoms with van der Waals surface area (Å²) in [6.45, 7) is 6.10. The van der Waals surface area contributed by atoms with Crippen LogP contribution in [-0.2, 0) is 14.9 Å². The van der Waals surface area contributed by atoms with Crippen LogP contribution in [0, 0.1) is 6.92 Å². The fourth-order valence-corrected chi connectivity index (χ4v) is 2.65. The third-order valence-corrected chi connectivity index (χ3v) is 3.52. The van der Waals surface area contributed by atoms with E-state index < -0.39 is 5.41 Å². The molecule has 18 heavy (non-hydrogen) atoms. The number of benzene rings is 1. The van der Waals surface area contributed by atoms with E-state index in [1.807, 2.05) is 32.0 Å². The van der Waals surface area contributed by atoms with Gasteiger partial charge in [-0.15, -0.1) is 0 Å². The summed E-state index contributed by atoms with van der Waals surface area (Å²) in [4.78, 5) is 23.7. The van der Waals surface area contributed by atoms with Crippen molar-refractivity contribution in [2.24, 2.45) is 0 Å². The quantitative estimate of drug-likeness (QED) is 0.770. The highest BCUT2D eigenvalue weighted by Gasteiger charge is 2.41. The van der Waals surface area contributed by atoms with Gasteiger partial charge in [0.05, 0.1) is 13.0 Å². The number of ether oxygens (including phenoxy) is 1. The van der Waals surface area contributed by atoms with E-state index in [0.29, 0.717) is 13.0 Å². The Balaban J connectivity index is 2.33. The number of rotatable bonds is 3. The van der Waals surface area contributed by atoms with Gasteiger partial charge in [0.2, 0.25) is 0 Å². The average Bonchev–Trinajstić information content (AvgIpc) is 2.50. The van der Waals surface area contributed by atoms with Crippen LogP contribution >= 0.6 is 0 Å². The molecular formula is C15H18O3. The molecule has 0 saturated carbocycles. The van der Waals surface area contributed by atoms with Crippen LogP contribution in [0.2, 0.25) is 0 Å². The zero-order valence-corrected chi connectivity index (χ0v) is 11.1. The van der Waals surface area contributed by atoms with E-state index in [0.717, 1.165) is 16.7 Å². The number of carbonyl (C=O) groups is 2. The second-order valence-corrected chi connectivity index (χ2v) is 5.19. The first-order valence-corrected chi connectivity index (χ1v) is 6.26. The third-order valence-electron chi connectivity index (χ3n) is 3.52. The number of fused-ring (bicyclic) bond motifs is 1. The van der Waals surface area contributed by atoms with E-state index in [1.165, 1.54) is 0 Å². The van der Waals surface area contributed by atoms with Gasteiger partial charge in [0.25, 0.3) is 0 Å². The molecule has 2 rings (SSSR count). The lowest BCUT2D eigenvalue weighted by Gasteiger charge is -2.23. The van der Waals surface area contributed by atoms with Crippen LogP contribution in [0.5, 0.6) is 0 Å². The lowest BCUT2D eigenvalue weighted by Crippen LogP contribution is -2.24. The minimum Gasteiger partial charge on any atom is -0.466 e. The smallest absolute Gasteiger partial charge is 0.306 e. The minimum atomic E-state index is -0.410. The topological polar surface area (TPSA) is 43.4 Å². The molecule has 1 aromatic rings. The molecule has 0 bridgehead atoms. The molecule has 0 unspecified atom stereocenters. The molecule has 0 radical (unpaired) electrons. The van der Waals surface area contributed by atoms with Crippen LogP contribution in [0.4, 0.5) is 0 Å². The molecular weight excluding hydrogens is 228 g/mol. The van der Waals surface area contributed by atoms with Crippen molar-refractivity contribution in [3.63, 3.8) is 0 Å². The molecule has 1 atom stereocenters. The van der Waals surface area contributed by atoms with E-state index in [2.05, 4.69) is 0 Å². The number of Topliss-reactive ketones (excluding diaryl/α,β-unsaturated/α-hetero) is 1. The van der Waals surface area contributed by atoms with Gasteiger partial charge in [0.15, 0.2) is 5.78 Å². The number of hydrogen-bond acceptors (Lipinski definition) is 3. The normalized spacial score (nSPS) is 21.8. The monoisotopic (exact) mass is 246 g/mol. The highest BCUT2D eigenvalue weighted by atomic mass is 16.5. The standard InChI is InChI=1S/C15H18O3/c1-4-18-14(17)9-15(3)8-13(16)11-7-10(2)5-6-12(11)15/h5-7H,4,8-9H2,1-3H3/t15-/m0/s1. The summed E-state index contributed by atoms with van der Waals surface area (Å²) in [5.74, 6) is -0.110. The first-order valence-electron chi connectivity index (χ1n) is 6.26. The maximum Gasteiger partial charge on any atom is 0.306 e.